The zero-order valence-electron chi connectivity index (χ0n) is 12.9. The van der Waals surface area contributed by atoms with Crippen LogP contribution in [0.15, 0.2) is 35.7 Å². The highest BCUT2D eigenvalue weighted by Gasteiger charge is 2.30. The van der Waals surface area contributed by atoms with Gasteiger partial charge in [0.15, 0.2) is 0 Å². The van der Waals surface area contributed by atoms with Crippen LogP contribution < -0.4 is 10.6 Å². The van der Waals surface area contributed by atoms with Crippen molar-refractivity contribution in [1.82, 2.24) is 0 Å². The number of nitrogens with zero attached hydrogens (tertiary/aromatic N) is 1. The highest BCUT2D eigenvalue weighted by atomic mass is 32.1. The van der Waals surface area contributed by atoms with Gasteiger partial charge in [-0.05, 0) is 56.2 Å². The summed E-state index contributed by atoms with van der Waals surface area (Å²) < 4.78 is 0. The molecule has 3 rings (SSSR count). The minimum Gasteiger partial charge on any atom is -0.363 e. The van der Waals surface area contributed by atoms with Crippen LogP contribution in [0.1, 0.15) is 35.8 Å². The molecule has 1 aliphatic carbocycles. The quantitative estimate of drug-likeness (QED) is 0.869. The van der Waals surface area contributed by atoms with E-state index in [1.54, 1.807) is 0 Å². The first-order chi connectivity index (χ1) is 10.1. The molecule has 0 aliphatic heterocycles. The molecule has 0 amide bonds. The maximum Gasteiger partial charge on any atom is 0.0526 e. The van der Waals surface area contributed by atoms with Gasteiger partial charge in [-0.25, -0.2) is 0 Å². The molecule has 0 bridgehead atoms. The maximum absolute atomic E-state index is 6.05. The first-order valence-electron chi connectivity index (χ1n) is 7.77. The first-order valence-corrected chi connectivity index (χ1v) is 8.65. The number of thiophene rings is 1. The van der Waals surface area contributed by atoms with E-state index in [4.69, 9.17) is 5.73 Å². The molecule has 1 fully saturated rings. The van der Waals surface area contributed by atoms with Crippen LogP contribution in [0.5, 0.6) is 0 Å². The van der Waals surface area contributed by atoms with E-state index in [0.29, 0.717) is 6.04 Å². The van der Waals surface area contributed by atoms with E-state index in [-0.39, 0.29) is 6.04 Å². The van der Waals surface area contributed by atoms with Crippen molar-refractivity contribution in [2.75, 3.05) is 4.90 Å². The predicted molar refractivity (Wildman–Crippen MR) is 92.1 cm³/mol. The van der Waals surface area contributed by atoms with Gasteiger partial charge in [0.2, 0.25) is 0 Å². The zero-order chi connectivity index (χ0) is 14.8. The minimum absolute atomic E-state index is 0.202. The Hall–Kier alpha value is -1.32. The van der Waals surface area contributed by atoms with E-state index in [0.717, 1.165) is 13.0 Å². The molecule has 0 spiro atoms. The van der Waals surface area contributed by atoms with Crippen LogP contribution in [0, 0.1) is 6.92 Å². The molecule has 1 aromatic carbocycles. The van der Waals surface area contributed by atoms with E-state index in [9.17, 15) is 0 Å². The molecule has 21 heavy (non-hydrogen) atoms. The van der Waals surface area contributed by atoms with Gasteiger partial charge in [-0.3, -0.25) is 0 Å². The van der Waals surface area contributed by atoms with Crippen LogP contribution in [-0.2, 0) is 13.0 Å². The summed E-state index contributed by atoms with van der Waals surface area (Å²) in [6.07, 6.45) is 3.58. The average Bonchev–Trinajstić information content (AvgIpc) is 3.14. The summed E-state index contributed by atoms with van der Waals surface area (Å²) in [6.45, 7) is 5.28. The molecule has 112 valence electrons. The fourth-order valence-corrected chi connectivity index (χ4v) is 3.58. The van der Waals surface area contributed by atoms with Gasteiger partial charge in [0.05, 0.1) is 6.54 Å². The number of hydrogen-bond acceptors (Lipinski definition) is 3. The van der Waals surface area contributed by atoms with Crippen LogP contribution in [0.2, 0.25) is 0 Å². The molecule has 1 saturated carbocycles. The summed E-state index contributed by atoms with van der Waals surface area (Å²) in [6, 6.07) is 12.1. The van der Waals surface area contributed by atoms with Crippen LogP contribution in [0.4, 0.5) is 5.69 Å². The summed E-state index contributed by atoms with van der Waals surface area (Å²) in [5.41, 5.74) is 10.2. The molecule has 1 unspecified atom stereocenters. The monoisotopic (exact) mass is 300 g/mol. The molecular formula is C18H24N2S. The lowest BCUT2D eigenvalue weighted by atomic mass is 10.0. The Morgan fingerprint density at radius 3 is 2.76 bits per heavy atom. The van der Waals surface area contributed by atoms with E-state index in [1.807, 2.05) is 11.3 Å². The third kappa shape index (κ3) is 3.66. The molecule has 1 atom stereocenters. The Morgan fingerprint density at radius 2 is 2.14 bits per heavy atom. The highest BCUT2D eigenvalue weighted by molar-refractivity contribution is 7.09. The SMILES string of the molecule is Cc1ccc(N(Cc2cccs2)C2CC2)c(CC(C)N)c1. The van der Waals surface area contributed by atoms with Gasteiger partial charge in [0, 0.05) is 22.6 Å². The second-order valence-electron chi connectivity index (χ2n) is 6.25. The van der Waals surface area contributed by atoms with Crippen molar-refractivity contribution in [1.29, 1.82) is 0 Å². The Labute approximate surface area is 131 Å². The molecule has 2 aromatic rings. The number of hydrogen-bond donors (Lipinski definition) is 1. The number of aryl methyl sites for hydroxylation is 1. The fraction of sp³-hybridized carbons (Fsp3) is 0.444. The summed E-state index contributed by atoms with van der Waals surface area (Å²) in [4.78, 5) is 4.03. The van der Waals surface area contributed by atoms with Crippen molar-refractivity contribution in [3.8, 4) is 0 Å². The number of nitrogens with two attached hydrogens (primary N) is 1. The highest BCUT2D eigenvalue weighted by Crippen LogP contribution is 2.36. The first kappa shape index (κ1) is 14.6. The summed E-state index contributed by atoms with van der Waals surface area (Å²) >= 11 is 1.85. The van der Waals surface area contributed by atoms with Crippen molar-refractivity contribution in [3.63, 3.8) is 0 Å². The standard InChI is InChI=1S/C18H24N2S/c1-13-5-8-18(15(10-13)11-14(2)19)20(16-6-7-16)12-17-4-3-9-21-17/h3-5,8-10,14,16H,6-7,11-12,19H2,1-2H3. The van der Waals surface area contributed by atoms with E-state index < -0.39 is 0 Å². The molecule has 1 aromatic heterocycles. The maximum atomic E-state index is 6.05. The topological polar surface area (TPSA) is 29.3 Å². The van der Waals surface area contributed by atoms with Crippen LogP contribution >= 0.6 is 11.3 Å². The Bertz CT molecular complexity index is 585. The van der Waals surface area contributed by atoms with Gasteiger partial charge in [0.25, 0.3) is 0 Å². The fourth-order valence-electron chi connectivity index (χ4n) is 2.87. The summed E-state index contributed by atoms with van der Waals surface area (Å²) in [5.74, 6) is 0. The van der Waals surface area contributed by atoms with Crippen molar-refractivity contribution >= 4 is 17.0 Å². The number of rotatable bonds is 6. The largest absolute Gasteiger partial charge is 0.363 e. The van der Waals surface area contributed by atoms with Gasteiger partial charge in [-0.15, -0.1) is 11.3 Å². The summed E-state index contributed by atoms with van der Waals surface area (Å²) in [5, 5.41) is 2.17. The third-order valence-electron chi connectivity index (χ3n) is 3.98. The molecule has 3 heteroatoms. The van der Waals surface area contributed by atoms with Gasteiger partial charge in [0.1, 0.15) is 0 Å². The minimum atomic E-state index is 0.202. The molecule has 0 saturated heterocycles. The van der Waals surface area contributed by atoms with E-state index in [2.05, 4.69) is 54.5 Å². The Kier molecular flexibility index (Phi) is 4.32. The van der Waals surface area contributed by atoms with Crippen LogP contribution in [0.25, 0.3) is 0 Å². The van der Waals surface area contributed by atoms with E-state index >= 15 is 0 Å². The lowest BCUT2D eigenvalue weighted by Crippen LogP contribution is -2.27. The van der Waals surface area contributed by atoms with Crippen molar-refractivity contribution < 1.29 is 0 Å². The molecule has 1 heterocycles. The average molecular weight is 300 g/mol. The van der Waals surface area contributed by atoms with Crippen molar-refractivity contribution in [3.05, 3.63) is 51.7 Å². The Balaban J connectivity index is 1.91. The lowest BCUT2D eigenvalue weighted by molar-refractivity contribution is 0.725. The third-order valence-corrected chi connectivity index (χ3v) is 4.84. The van der Waals surface area contributed by atoms with Crippen molar-refractivity contribution in [2.45, 2.75) is 51.7 Å². The van der Waals surface area contributed by atoms with Gasteiger partial charge in [-0.1, -0.05) is 23.8 Å². The second-order valence-corrected chi connectivity index (χ2v) is 7.28. The summed E-state index contributed by atoms with van der Waals surface area (Å²) in [7, 11) is 0. The number of anilines is 1. The van der Waals surface area contributed by atoms with Gasteiger partial charge in [-0.2, -0.15) is 0 Å². The van der Waals surface area contributed by atoms with Crippen LogP contribution in [0.3, 0.4) is 0 Å². The Morgan fingerprint density at radius 1 is 1.33 bits per heavy atom. The molecule has 1 aliphatic rings. The number of benzene rings is 1. The van der Waals surface area contributed by atoms with Crippen molar-refractivity contribution in [2.24, 2.45) is 5.73 Å². The van der Waals surface area contributed by atoms with E-state index in [1.165, 1.54) is 34.5 Å². The smallest absolute Gasteiger partial charge is 0.0526 e. The molecule has 2 nitrogen and oxygen atoms in total. The zero-order valence-corrected chi connectivity index (χ0v) is 13.7. The second kappa shape index (κ2) is 6.20. The predicted octanol–water partition coefficient (Wildman–Crippen LogP) is 4.12. The molecule has 2 N–H and O–H groups in total. The van der Waals surface area contributed by atoms with Gasteiger partial charge < -0.3 is 10.6 Å². The molecule has 0 radical (unpaired) electrons. The van der Waals surface area contributed by atoms with Crippen LogP contribution in [-0.4, -0.2) is 12.1 Å². The molecular weight excluding hydrogens is 276 g/mol. The lowest BCUT2D eigenvalue weighted by Gasteiger charge is -2.27. The van der Waals surface area contributed by atoms with Gasteiger partial charge >= 0.3 is 0 Å². The normalized spacial score (nSPS) is 16.0.